The van der Waals surface area contributed by atoms with Crippen molar-refractivity contribution < 1.29 is 31.1 Å². The lowest BCUT2D eigenvalue weighted by molar-refractivity contribution is -0.143. The van der Waals surface area contributed by atoms with Crippen LogP contribution in [0.25, 0.3) is 6.08 Å². The Morgan fingerprint density at radius 1 is 0.917 bits per heavy atom. The molecule has 1 N–H and O–H groups in total. The Kier molecular flexibility index (Phi) is 8.39. The van der Waals surface area contributed by atoms with E-state index in [9.17, 15) is 31.1 Å². The Balaban J connectivity index is 1.86. The van der Waals surface area contributed by atoms with Gasteiger partial charge in [0.2, 0.25) is 0 Å². The molecular formula is C26H23F6N3O. The number of amides is 2. The van der Waals surface area contributed by atoms with Gasteiger partial charge >= 0.3 is 18.4 Å². The lowest BCUT2D eigenvalue weighted by Gasteiger charge is -2.24. The van der Waals surface area contributed by atoms with E-state index in [2.05, 4.69) is 10.3 Å². The van der Waals surface area contributed by atoms with Crippen molar-refractivity contribution in [2.45, 2.75) is 25.7 Å². The predicted octanol–water partition coefficient (Wildman–Crippen LogP) is 7.30. The summed E-state index contributed by atoms with van der Waals surface area (Å²) in [5.41, 5.74) is -1.29. The Labute approximate surface area is 204 Å². The van der Waals surface area contributed by atoms with E-state index in [1.165, 1.54) is 4.90 Å². The van der Waals surface area contributed by atoms with Gasteiger partial charge in [0.15, 0.2) is 0 Å². The third-order valence-corrected chi connectivity index (χ3v) is 5.14. The molecule has 3 aromatic rings. The van der Waals surface area contributed by atoms with Gasteiger partial charge in [0, 0.05) is 37.1 Å². The minimum absolute atomic E-state index is 0.0151. The summed E-state index contributed by atoms with van der Waals surface area (Å²) in [5.74, 6) is 0. The number of pyridine rings is 1. The monoisotopic (exact) mass is 507 g/mol. The first kappa shape index (κ1) is 26.8. The highest BCUT2D eigenvalue weighted by Gasteiger charge is 2.37. The zero-order chi connectivity index (χ0) is 26.3. The van der Waals surface area contributed by atoms with Gasteiger partial charge in [-0.3, -0.25) is 4.98 Å². The molecule has 1 heterocycles. The average Bonchev–Trinajstić information content (AvgIpc) is 2.81. The number of benzene rings is 2. The van der Waals surface area contributed by atoms with Crippen LogP contribution >= 0.6 is 0 Å². The Bertz CT molecular complexity index is 1160. The highest BCUT2D eigenvalue weighted by Crippen LogP contribution is 2.37. The quantitative estimate of drug-likeness (QED) is 0.341. The zero-order valence-corrected chi connectivity index (χ0v) is 19.2. The first-order chi connectivity index (χ1) is 16.9. The molecule has 4 nitrogen and oxygen atoms in total. The molecule has 0 bridgehead atoms. The number of hydrogen-bond donors (Lipinski definition) is 1. The summed E-state index contributed by atoms with van der Waals surface area (Å²) in [4.78, 5) is 18.6. The summed E-state index contributed by atoms with van der Waals surface area (Å²) in [5, 5.41) is 2.21. The molecule has 1 aromatic heterocycles. The van der Waals surface area contributed by atoms with Crippen LogP contribution in [0.1, 0.15) is 29.3 Å². The number of carbonyl (C=O) groups excluding carboxylic acids is 1. The highest BCUT2D eigenvalue weighted by molar-refractivity contribution is 5.90. The summed E-state index contributed by atoms with van der Waals surface area (Å²) >= 11 is 0. The van der Waals surface area contributed by atoms with E-state index in [0.717, 1.165) is 11.1 Å². The summed E-state index contributed by atoms with van der Waals surface area (Å²) < 4.78 is 79.3. The molecular weight excluding hydrogens is 484 g/mol. The van der Waals surface area contributed by atoms with Crippen LogP contribution < -0.4 is 5.32 Å². The summed E-state index contributed by atoms with van der Waals surface area (Å²) in [6.45, 7) is 2.01. The van der Waals surface area contributed by atoms with Crippen LogP contribution in [0.3, 0.4) is 0 Å². The first-order valence-corrected chi connectivity index (χ1v) is 10.9. The molecule has 0 spiro atoms. The third-order valence-electron chi connectivity index (χ3n) is 5.14. The Morgan fingerprint density at radius 2 is 1.53 bits per heavy atom. The van der Waals surface area contributed by atoms with E-state index in [4.69, 9.17) is 0 Å². The molecule has 0 fully saturated rings. The van der Waals surface area contributed by atoms with Gasteiger partial charge in [0.25, 0.3) is 0 Å². The molecule has 0 aliphatic carbocycles. The average molecular weight is 507 g/mol. The smallest absolute Gasteiger partial charge is 0.320 e. The van der Waals surface area contributed by atoms with Crippen molar-refractivity contribution in [2.24, 2.45) is 0 Å². The van der Waals surface area contributed by atoms with Crippen LogP contribution in [0.15, 0.2) is 78.5 Å². The molecule has 0 radical (unpaired) electrons. The molecule has 36 heavy (non-hydrogen) atoms. The molecule has 2 aromatic carbocycles. The summed E-state index contributed by atoms with van der Waals surface area (Å²) in [6.07, 6.45) is -6.28. The van der Waals surface area contributed by atoms with Gasteiger partial charge in [-0.05, 0) is 42.8 Å². The molecule has 0 aliphatic heterocycles. The number of nitrogens with one attached hydrogen (secondary N) is 1. The summed E-state index contributed by atoms with van der Waals surface area (Å²) in [7, 11) is 0. The van der Waals surface area contributed by atoms with Crippen molar-refractivity contribution in [3.8, 4) is 0 Å². The standard InChI is InChI=1S/C26H23F6N3O/c1-18(13-19-7-3-2-4-8-19)17-35(12-10-22-9-5-6-11-33-22)24(36)34-23-15-20(25(27,28)29)14-21(16-23)26(30,31)32/h2-9,11,13-16H,10,12,17H2,1H3,(H,34,36)/b18-13+. The molecule has 3 rings (SSSR count). The van der Waals surface area contributed by atoms with E-state index in [1.807, 2.05) is 36.4 Å². The number of rotatable bonds is 7. The zero-order valence-electron chi connectivity index (χ0n) is 19.2. The maximum Gasteiger partial charge on any atom is 0.416 e. The normalized spacial score (nSPS) is 12.4. The van der Waals surface area contributed by atoms with Crippen molar-refractivity contribution in [2.75, 3.05) is 18.4 Å². The van der Waals surface area contributed by atoms with Gasteiger partial charge < -0.3 is 10.2 Å². The first-order valence-electron chi connectivity index (χ1n) is 10.9. The second-order valence-electron chi connectivity index (χ2n) is 8.12. The molecule has 0 atom stereocenters. The number of aromatic nitrogens is 1. The predicted molar refractivity (Wildman–Crippen MR) is 125 cm³/mol. The SMILES string of the molecule is C/C(=C\c1ccccc1)CN(CCc1ccccn1)C(=O)Nc1cc(C(F)(F)F)cc(C(F)(F)F)c1. The van der Waals surface area contributed by atoms with Crippen molar-refractivity contribution in [1.29, 1.82) is 0 Å². The van der Waals surface area contributed by atoms with E-state index < -0.39 is 35.2 Å². The number of alkyl halides is 6. The number of anilines is 1. The topological polar surface area (TPSA) is 45.2 Å². The molecule has 0 saturated heterocycles. The van der Waals surface area contributed by atoms with Gasteiger partial charge in [0.1, 0.15) is 0 Å². The minimum Gasteiger partial charge on any atom is -0.320 e. The van der Waals surface area contributed by atoms with Crippen molar-refractivity contribution in [3.63, 3.8) is 0 Å². The van der Waals surface area contributed by atoms with Gasteiger partial charge in [-0.25, -0.2) is 4.79 Å². The number of nitrogens with zero attached hydrogens (tertiary/aromatic N) is 2. The number of urea groups is 1. The molecule has 0 aliphatic rings. The fourth-order valence-corrected chi connectivity index (χ4v) is 3.46. The number of carbonyl (C=O) groups is 1. The Hall–Kier alpha value is -3.82. The van der Waals surface area contributed by atoms with E-state index >= 15 is 0 Å². The maximum absolute atomic E-state index is 13.2. The van der Waals surface area contributed by atoms with Crippen LogP contribution in [-0.2, 0) is 18.8 Å². The molecule has 10 heteroatoms. The van der Waals surface area contributed by atoms with Gasteiger partial charge in [-0.1, -0.05) is 48.0 Å². The van der Waals surface area contributed by atoms with Crippen LogP contribution in [0, 0.1) is 0 Å². The van der Waals surface area contributed by atoms with Gasteiger partial charge in [0.05, 0.1) is 11.1 Å². The minimum atomic E-state index is -5.02. The molecule has 2 amide bonds. The van der Waals surface area contributed by atoms with Crippen LogP contribution in [0.5, 0.6) is 0 Å². The van der Waals surface area contributed by atoms with E-state index in [1.54, 1.807) is 31.3 Å². The second-order valence-corrected chi connectivity index (χ2v) is 8.12. The molecule has 190 valence electrons. The van der Waals surface area contributed by atoms with E-state index in [-0.39, 0.29) is 19.2 Å². The van der Waals surface area contributed by atoms with Crippen LogP contribution in [0.2, 0.25) is 0 Å². The van der Waals surface area contributed by atoms with Crippen molar-refractivity contribution >= 4 is 17.8 Å². The lowest BCUT2D eigenvalue weighted by Crippen LogP contribution is -2.38. The molecule has 0 unspecified atom stereocenters. The van der Waals surface area contributed by atoms with Gasteiger partial charge in [-0.2, -0.15) is 26.3 Å². The lowest BCUT2D eigenvalue weighted by atomic mass is 10.1. The van der Waals surface area contributed by atoms with E-state index in [0.29, 0.717) is 24.2 Å². The van der Waals surface area contributed by atoms with Crippen LogP contribution in [-0.4, -0.2) is 29.0 Å². The third kappa shape index (κ3) is 7.86. The second kappa shape index (κ2) is 11.3. The Morgan fingerprint density at radius 3 is 2.08 bits per heavy atom. The number of hydrogen-bond acceptors (Lipinski definition) is 2. The number of halogens is 6. The van der Waals surface area contributed by atoms with Gasteiger partial charge in [-0.15, -0.1) is 0 Å². The maximum atomic E-state index is 13.2. The summed E-state index contributed by atoms with van der Waals surface area (Å²) in [6, 6.07) is 14.7. The van der Waals surface area contributed by atoms with Crippen LogP contribution in [0.4, 0.5) is 36.8 Å². The fourth-order valence-electron chi connectivity index (χ4n) is 3.46. The van der Waals surface area contributed by atoms with Crippen molar-refractivity contribution in [1.82, 2.24) is 9.88 Å². The highest BCUT2D eigenvalue weighted by atomic mass is 19.4. The van der Waals surface area contributed by atoms with Crippen molar-refractivity contribution in [3.05, 3.63) is 101 Å². The largest absolute Gasteiger partial charge is 0.416 e. The fraction of sp³-hybridized carbons (Fsp3) is 0.231. The molecule has 0 saturated carbocycles.